The Bertz CT molecular complexity index is 628. The fraction of sp³-hybridized carbons (Fsp3) is 0.143. The third kappa shape index (κ3) is 2.76. The number of aliphatic imine (C=N–C) groups is 1. The lowest BCUT2D eigenvalue weighted by molar-refractivity contribution is 0.461. The average Bonchev–Trinajstić information content (AvgIpc) is 2.93. The molecule has 3 rings (SSSR count). The molecule has 0 saturated heterocycles. The largest absolute Gasteiger partial charge is 0.438 e. The fourth-order valence-corrected chi connectivity index (χ4v) is 2.25. The summed E-state index contributed by atoms with van der Waals surface area (Å²) in [7, 11) is 0. The van der Waals surface area contributed by atoms with Gasteiger partial charge in [-0.05, 0) is 30.3 Å². The molecule has 0 unspecified atom stereocenters. The first-order valence-corrected chi connectivity index (χ1v) is 6.79. The molecule has 4 nitrogen and oxygen atoms in total. The van der Waals surface area contributed by atoms with Gasteiger partial charge in [-0.2, -0.15) is 0 Å². The van der Waals surface area contributed by atoms with E-state index in [1.54, 1.807) is 6.20 Å². The SMILES string of the molecule is Brc1cccc(Oc2ncccc2C2=NCCN2)c1. The molecule has 0 saturated carbocycles. The Morgan fingerprint density at radius 3 is 2.95 bits per heavy atom. The van der Waals surface area contributed by atoms with Crippen LogP contribution in [0.5, 0.6) is 11.6 Å². The van der Waals surface area contributed by atoms with Crippen LogP contribution in [0.15, 0.2) is 52.1 Å². The summed E-state index contributed by atoms with van der Waals surface area (Å²) in [6.45, 7) is 1.65. The lowest BCUT2D eigenvalue weighted by Gasteiger charge is -2.10. The minimum Gasteiger partial charge on any atom is -0.438 e. The zero-order chi connectivity index (χ0) is 13.1. The van der Waals surface area contributed by atoms with Gasteiger partial charge in [-0.3, -0.25) is 4.99 Å². The number of rotatable bonds is 3. The summed E-state index contributed by atoms with van der Waals surface area (Å²) in [6.07, 6.45) is 1.71. The van der Waals surface area contributed by atoms with Crippen LogP contribution in [0, 0.1) is 0 Å². The van der Waals surface area contributed by atoms with Crippen LogP contribution in [0.2, 0.25) is 0 Å². The third-order valence-corrected chi connectivity index (χ3v) is 3.20. The van der Waals surface area contributed by atoms with Crippen molar-refractivity contribution in [1.82, 2.24) is 10.3 Å². The maximum atomic E-state index is 5.84. The molecule has 1 N–H and O–H groups in total. The Morgan fingerprint density at radius 2 is 2.16 bits per heavy atom. The molecule has 2 aromatic rings. The standard InChI is InChI=1S/C14H12BrN3O/c15-10-3-1-4-11(9-10)19-14-12(5-2-6-18-14)13-16-7-8-17-13/h1-6,9H,7-8H2,(H,16,17). The fourth-order valence-electron chi connectivity index (χ4n) is 1.87. The molecule has 96 valence electrons. The molecule has 0 spiro atoms. The van der Waals surface area contributed by atoms with Crippen molar-refractivity contribution in [3.05, 3.63) is 52.6 Å². The van der Waals surface area contributed by atoms with E-state index in [2.05, 4.69) is 31.2 Å². The maximum absolute atomic E-state index is 5.84. The molecule has 0 radical (unpaired) electrons. The van der Waals surface area contributed by atoms with E-state index in [-0.39, 0.29) is 0 Å². The van der Waals surface area contributed by atoms with Gasteiger partial charge in [-0.25, -0.2) is 4.98 Å². The monoisotopic (exact) mass is 317 g/mol. The number of nitrogens with one attached hydrogen (secondary N) is 1. The summed E-state index contributed by atoms with van der Waals surface area (Å²) in [6, 6.07) is 11.5. The first-order chi connectivity index (χ1) is 9.33. The molecule has 0 fully saturated rings. The van der Waals surface area contributed by atoms with Gasteiger partial charge in [0.05, 0.1) is 12.1 Å². The Morgan fingerprint density at radius 1 is 1.21 bits per heavy atom. The highest BCUT2D eigenvalue weighted by Crippen LogP contribution is 2.25. The van der Waals surface area contributed by atoms with E-state index in [1.807, 2.05) is 36.4 Å². The number of nitrogens with zero attached hydrogens (tertiary/aromatic N) is 2. The molecular weight excluding hydrogens is 306 g/mol. The number of pyridine rings is 1. The Balaban J connectivity index is 1.92. The molecule has 1 aromatic carbocycles. The van der Waals surface area contributed by atoms with Crippen LogP contribution in [-0.2, 0) is 0 Å². The van der Waals surface area contributed by atoms with Gasteiger partial charge in [-0.15, -0.1) is 0 Å². The van der Waals surface area contributed by atoms with Crippen molar-refractivity contribution >= 4 is 21.8 Å². The molecule has 0 amide bonds. The van der Waals surface area contributed by atoms with Gasteiger partial charge in [0.1, 0.15) is 11.6 Å². The zero-order valence-corrected chi connectivity index (χ0v) is 11.7. The van der Waals surface area contributed by atoms with Crippen molar-refractivity contribution in [2.24, 2.45) is 4.99 Å². The van der Waals surface area contributed by atoms with E-state index in [0.717, 1.165) is 34.7 Å². The summed E-state index contributed by atoms with van der Waals surface area (Å²) in [5, 5.41) is 3.23. The van der Waals surface area contributed by atoms with E-state index in [0.29, 0.717) is 5.88 Å². The molecule has 0 atom stereocenters. The average molecular weight is 318 g/mol. The van der Waals surface area contributed by atoms with Gasteiger partial charge in [0.25, 0.3) is 0 Å². The van der Waals surface area contributed by atoms with Gasteiger partial charge >= 0.3 is 0 Å². The molecule has 19 heavy (non-hydrogen) atoms. The minimum atomic E-state index is 0.564. The number of amidine groups is 1. The topological polar surface area (TPSA) is 46.5 Å². The quantitative estimate of drug-likeness (QED) is 0.946. The normalized spacial score (nSPS) is 13.8. The van der Waals surface area contributed by atoms with Crippen molar-refractivity contribution < 1.29 is 4.74 Å². The molecule has 1 aliphatic rings. The van der Waals surface area contributed by atoms with Gasteiger partial charge in [0, 0.05) is 17.2 Å². The highest BCUT2D eigenvalue weighted by Gasteiger charge is 2.14. The van der Waals surface area contributed by atoms with Gasteiger partial charge in [0.15, 0.2) is 0 Å². The number of hydrogen-bond donors (Lipinski definition) is 1. The zero-order valence-electron chi connectivity index (χ0n) is 10.1. The second kappa shape index (κ2) is 5.40. The summed E-state index contributed by atoms with van der Waals surface area (Å²) >= 11 is 3.42. The first-order valence-electron chi connectivity index (χ1n) is 6.00. The lowest BCUT2D eigenvalue weighted by Crippen LogP contribution is -2.20. The molecule has 0 bridgehead atoms. The summed E-state index contributed by atoms with van der Waals surface area (Å²) in [5.41, 5.74) is 0.889. The van der Waals surface area contributed by atoms with E-state index in [9.17, 15) is 0 Å². The van der Waals surface area contributed by atoms with Crippen LogP contribution in [0.3, 0.4) is 0 Å². The van der Waals surface area contributed by atoms with Gasteiger partial charge in [-0.1, -0.05) is 22.0 Å². The van der Waals surface area contributed by atoms with E-state index in [1.165, 1.54) is 0 Å². The third-order valence-electron chi connectivity index (χ3n) is 2.71. The van der Waals surface area contributed by atoms with Crippen LogP contribution in [0.1, 0.15) is 5.56 Å². The second-order valence-corrected chi connectivity index (χ2v) is 4.99. The predicted molar refractivity (Wildman–Crippen MR) is 77.9 cm³/mol. The minimum absolute atomic E-state index is 0.564. The van der Waals surface area contributed by atoms with Gasteiger partial charge < -0.3 is 10.1 Å². The molecule has 5 heteroatoms. The maximum Gasteiger partial charge on any atom is 0.230 e. The molecule has 1 aliphatic heterocycles. The predicted octanol–water partition coefficient (Wildman–Crippen LogP) is 2.99. The first kappa shape index (κ1) is 12.2. The highest BCUT2D eigenvalue weighted by atomic mass is 79.9. The van der Waals surface area contributed by atoms with Crippen LogP contribution in [0.25, 0.3) is 0 Å². The number of halogens is 1. The molecule has 2 heterocycles. The number of hydrogen-bond acceptors (Lipinski definition) is 4. The lowest BCUT2D eigenvalue weighted by atomic mass is 10.2. The van der Waals surface area contributed by atoms with Crippen molar-refractivity contribution in [2.75, 3.05) is 13.1 Å². The highest BCUT2D eigenvalue weighted by molar-refractivity contribution is 9.10. The van der Waals surface area contributed by atoms with Gasteiger partial charge in [0.2, 0.25) is 5.88 Å². The van der Waals surface area contributed by atoms with E-state index < -0.39 is 0 Å². The van der Waals surface area contributed by atoms with Crippen molar-refractivity contribution in [3.63, 3.8) is 0 Å². The molecule has 0 aliphatic carbocycles. The van der Waals surface area contributed by atoms with Crippen LogP contribution < -0.4 is 10.1 Å². The van der Waals surface area contributed by atoms with Crippen molar-refractivity contribution in [3.8, 4) is 11.6 Å². The Kier molecular flexibility index (Phi) is 3.46. The van der Waals surface area contributed by atoms with E-state index in [4.69, 9.17) is 4.74 Å². The summed E-state index contributed by atoms with van der Waals surface area (Å²) in [4.78, 5) is 8.69. The van der Waals surface area contributed by atoms with Crippen molar-refractivity contribution in [2.45, 2.75) is 0 Å². The summed E-state index contributed by atoms with van der Waals surface area (Å²) in [5.74, 6) is 2.15. The Hall–Kier alpha value is -1.88. The number of ether oxygens (including phenoxy) is 1. The Labute approximate surface area is 119 Å². The number of aromatic nitrogens is 1. The summed E-state index contributed by atoms with van der Waals surface area (Å²) < 4.78 is 6.81. The number of benzene rings is 1. The second-order valence-electron chi connectivity index (χ2n) is 4.07. The van der Waals surface area contributed by atoms with E-state index >= 15 is 0 Å². The van der Waals surface area contributed by atoms with Crippen molar-refractivity contribution in [1.29, 1.82) is 0 Å². The smallest absolute Gasteiger partial charge is 0.230 e. The molecule has 1 aromatic heterocycles. The van der Waals surface area contributed by atoms with Crippen LogP contribution in [-0.4, -0.2) is 23.9 Å². The molecular formula is C14H12BrN3O. The van der Waals surface area contributed by atoms with Crippen LogP contribution >= 0.6 is 15.9 Å². The van der Waals surface area contributed by atoms with Crippen LogP contribution in [0.4, 0.5) is 0 Å².